The van der Waals surface area contributed by atoms with Crippen LogP contribution in [0.5, 0.6) is 11.5 Å². The number of benzene rings is 2. The van der Waals surface area contributed by atoms with Crippen LogP contribution >= 0.6 is 0 Å². The molecule has 10 nitrogen and oxygen atoms in total. The van der Waals surface area contributed by atoms with Crippen molar-refractivity contribution in [1.82, 2.24) is 9.80 Å². The summed E-state index contributed by atoms with van der Waals surface area (Å²) in [4.78, 5) is 41.2. The second-order valence-corrected chi connectivity index (χ2v) is 9.81. The Bertz CT molecular complexity index is 1220. The van der Waals surface area contributed by atoms with Crippen molar-refractivity contribution in [3.63, 3.8) is 0 Å². The van der Waals surface area contributed by atoms with Gasteiger partial charge in [-0.2, -0.15) is 0 Å². The van der Waals surface area contributed by atoms with Gasteiger partial charge in [0.1, 0.15) is 5.76 Å². The van der Waals surface area contributed by atoms with Gasteiger partial charge < -0.3 is 24.4 Å². The SMILES string of the molecule is CCCCN(CCCC)CCCN1C(=O)C(=O)/C(=C(\O)c2ccc([N+](=O)[O-])cc2)C1c1ccc(OC)c(OC)c1. The third kappa shape index (κ3) is 6.98. The van der Waals surface area contributed by atoms with E-state index in [1.54, 1.807) is 18.2 Å². The lowest BCUT2D eigenvalue weighted by Gasteiger charge is -2.28. The van der Waals surface area contributed by atoms with Crippen LogP contribution in [0.25, 0.3) is 5.76 Å². The number of aliphatic hydroxyl groups excluding tert-OH is 1. The van der Waals surface area contributed by atoms with E-state index in [1.807, 2.05) is 0 Å². The molecule has 0 aliphatic carbocycles. The number of amides is 1. The fourth-order valence-electron chi connectivity index (χ4n) is 4.94. The van der Waals surface area contributed by atoms with Crippen LogP contribution in [0.4, 0.5) is 5.69 Å². The molecule has 3 rings (SSSR count). The van der Waals surface area contributed by atoms with Crippen molar-refractivity contribution in [2.24, 2.45) is 0 Å². The Balaban J connectivity index is 2.00. The Kier molecular flexibility index (Phi) is 11.1. The minimum Gasteiger partial charge on any atom is -0.507 e. The summed E-state index contributed by atoms with van der Waals surface area (Å²) in [5.74, 6) is -0.975. The molecule has 1 heterocycles. The van der Waals surface area contributed by atoms with E-state index in [1.165, 1.54) is 43.4 Å². The number of methoxy groups -OCH3 is 2. The van der Waals surface area contributed by atoms with Crippen LogP contribution in [0.2, 0.25) is 0 Å². The van der Waals surface area contributed by atoms with Gasteiger partial charge in [0.2, 0.25) is 0 Å². The van der Waals surface area contributed by atoms with E-state index in [0.29, 0.717) is 30.0 Å². The van der Waals surface area contributed by atoms with Gasteiger partial charge in [-0.1, -0.05) is 32.8 Å². The maximum absolute atomic E-state index is 13.4. The number of nitro groups is 1. The van der Waals surface area contributed by atoms with Gasteiger partial charge in [-0.25, -0.2) is 0 Å². The summed E-state index contributed by atoms with van der Waals surface area (Å²) >= 11 is 0. The molecule has 0 aromatic heterocycles. The summed E-state index contributed by atoms with van der Waals surface area (Å²) in [6.07, 6.45) is 5.03. The Hall–Kier alpha value is -3.92. The van der Waals surface area contributed by atoms with Crippen molar-refractivity contribution >= 4 is 23.1 Å². The monoisotopic (exact) mass is 553 g/mol. The first-order valence-electron chi connectivity index (χ1n) is 13.7. The van der Waals surface area contributed by atoms with Gasteiger partial charge in [0.05, 0.1) is 30.8 Å². The first kappa shape index (κ1) is 30.6. The molecule has 1 atom stereocenters. The van der Waals surface area contributed by atoms with Gasteiger partial charge in [0.15, 0.2) is 11.5 Å². The first-order valence-corrected chi connectivity index (χ1v) is 13.7. The largest absolute Gasteiger partial charge is 0.507 e. The molecule has 0 saturated carbocycles. The molecule has 10 heteroatoms. The second-order valence-electron chi connectivity index (χ2n) is 9.81. The number of nitro benzene ring substituents is 1. The number of hydrogen-bond acceptors (Lipinski definition) is 8. The quantitative estimate of drug-likeness (QED) is 0.103. The number of hydrogen-bond donors (Lipinski definition) is 1. The van der Waals surface area contributed by atoms with Gasteiger partial charge in [-0.15, -0.1) is 0 Å². The van der Waals surface area contributed by atoms with Crippen LogP contribution < -0.4 is 9.47 Å². The summed E-state index contributed by atoms with van der Waals surface area (Å²) in [7, 11) is 3.01. The number of likely N-dealkylation sites (tertiary alicyclic amines) is 1. The van der Waals surface area contributed by atoms with E-state index in [-0.39, 0.29) is 22.6 Å². The lowest BCUT2D eigenvalue weighted by Crippen LogP contribution is -2.34. The summed E-state index contributed by atoms with van der Waals surface area (Å²) in [6.45, 7) is 7.37. The molecule has 1 unspecified atom stereocenters. The predicted molar refractivity (Wildman–Crippen MR) is 153 cm³/mol. The van der Waals surface area contributed by atoms with Crippen LogP contribution in [0, 0.1) is 10.1 Å². The Morgan fingerprint density at radius 3 is 2.10 bits per heavy atom. The van der Waals surface area contributed by atoms with E-state index < -0.39 is 22.7 Å². The molecule has 1 aliphatic rings. The summed E-state index contributed by atoms with van der Waals surface area (Å²) in [5.41, 5.74) is 0.567. The van der Waals surface area contributed by atoms with Crippen LogP contribution in [0.15, 0.2) is 48.0 Å². The van der Waals surface area contributed by atoms with Crippen LogP contribution in [-0.4, -0.2) is 71.9 Å². The molecule has 0 bridgehead atoms. The topological polar surface area (TPSA) is 122 Å². The number of ketones is 1. The zero-order valence-corrected chi connectivity index (χ0v) is 23.7. The Morgan fingerprint density at radius 2 is 1.55 bits per heavy atom. The Labute approximate surface area is 235 Å². The van der Waals surface area contributed by atoms with Crippen LogP contribution in [-0.2, 0) is 9.59 Å². The fraction of sp³-hybridized carbons (Fsp3) is 0.467. The van der Waals surface area contributed by atoms with Crippen molar-refractivity contribution in [3.8, 4) is 11.5 Å². The number of nitrogens with zero attached hydrogens (tertiary/aromatic N) is 3. The van der Waals surface area contributed by atoms with Crippen molar-refractivity contribution in [1.29, 1.82) is 0 Å². The third-order valence-corrected chi connectivity index (χ3v) is 7.14. The summed E-state index contributed by atoms with van der Waals surface area (Å²) < 4.78 is 10.8. The lowest BCUT2D eigenvalue weighted by molar-refractivity contribution is -0.384. The fourth-order valence-corrected chi connectivity index (χ4v) is 4.94. The number of unbranched alkanes of at least 4 members (excludes halogenated alkanes) is 2. The highest BCUT2D eigenvalue weighted by atomic mass is 16.6. The smallest absolute Gasteiger partial charge is 0.295 e. The average molecular weight is 554 g/mol. The number of ether oxygens (including phenoxy) is 2. The molecule has 1 N–H and O–H groups in total. The second kappa shape index (κ2) is 14.5. The van der Waals surface area contributed by atoms with Crippen molar-refractivity contribution in [2.75, 3.05) is 40.4 Å². The number of rotatable bonds is 15. The van der Waals surface area contributed by atoms with E-state index in [0.717, 1.165) is 45.3 Å². The third-order valence-electron chi connectivity index (χ3n) is 7.14. The highest BCUT2D eigenvalue weighted by molar-refractivity contribution is 6.46. The first-order chi connectivity index (χ1) is 19.3. The van der Waals surface area contributed by atoms with E-state index >= 15 is 0 Å². The molecule has 0 radical (unpaired) electrons. The molecule has 2 aromatic carbocycles. The van der Waals surface area contributed by atoms with Gasteiger partial charge in [0.25, 0.3) is 17.4 Å². The molecule has 40 heavy (non-hydrogen) atoms. The summed E-state index contributed by atoms with van der Waals surface area (Å²) in [5, 5.41) is 22.4. The number of Topliss-reactive ketones (excluding diaryl/α,β-unsaturated/α-hetero) is 1. The maximum Gasteiger partial charge on any atom is 0.295 e. The molecule has 1 aliphatic heterocycles. The van der Waals surface area contributed by atoms with E-state index in [4.69, 9.17) is 9.47 Å². The number of carbonyl (C=O) groups is 2. The highest BCUT2D eigenvalue weighted by Crippen LogP contribution is 2.42. The molecule has 2 aromatic rings. The molecule has 1 amide bonds. The number of non-ortho nitro benzene ring substituents is 1. The molecule has 1 fully saturated rings. The van der Waals surface area contributed by atoms with Gasteiger partial charge in [0, 0.05) is 24.2 Å². The van der Waals surface area contributed by atoms with Crippen molar-refractivity contribution in [3.05, 3.63) is 69.3 Å². The minimum absolute atomic E-state index is 0.0695. The van der Waals surface area contributed by atoms with Gasteiger partial charge in [-0.3, -0.25) is 19.7 Å². The van der Waals surface area contributed by atoms with Gasteiger partial charge in [-0.05, 0) is 68.7 Å². The highest BCUT2D eigenvalue weighted by Gasteiger charge is 2.46. The van der Waals surface area contributed by atoms with Gasteiger partial charge >= 0.3 is 0 Å². The molecular formula is C30H39N3O7. The zero-order chi connectivity index (χ0) is 29.2. The predicted octanol–water partition coefficient (Wildman–Crippen LogP) is 5.33. The molecule has 1 saturated heterocycles. The molecule has 216 valence electrons. The van der Waals surface area contributed by atoms with E-state index in [2.05, 4.69) is 18.7 Å². The lowest BCUT2D eigenvalue weighted by atomic mass is 9.95. The van der Waals surface area contributed by atoms with Crippen molar-refractivity contribution < 1.29 is 29.1 Å². The van der Waals surface area contributed by atoms with Crippen LogP contribution in [0.1, 0.15) is 63.1 Å². The standard InChI is InChI=1S/C30H39N3O7/c1-5-7-16-31(17-8-6-2)18-9-19-32-27(22-12-15-24(39-3)25(20-22)40-4)26(29(35)30(32)36)28(34)21-10-13-23(14-11-21)33(37)38/h10-15,20,27,34H,5-9,16-19H2,1-4H3/b28-26-. The van der Waals surface area contributed by atoms with Crippen molar-refractivity contribution in [2.45, 2.75) is 52.0 Å². The molecular weight excluding hydrogens is 514 g/mol. The summed E-state index contributed by atoms with van der Waals surface area (Å²) in [6, 6.07) is 9.49. The Morgan fingerprint density at radius 1 is 0.950 bits per heavy atom. The zero-order valence-electron chi connectivity index (χ0n) is 23.7. The average Bonchev–Trinajstić information content (AvgIpc) is 3.22. The van der Waals surface area contributed by atoms with Crippen LogP contribution in [0.3, 0.4) is 0 Å². The minimum atomic E-state index is -0.866. The number of aliphatic hydroxyl groups is 1. The van der Waals surface area contributed by atoms with E-state index in [9.17, 15) is 24.8 Å². The number of carbonyl (C=O) groups excluding carboxylic acids is 2. The maximum atomic E-state index is 13.4. The normalized spacial score (nSPS) is 16.5. The molecule has 0 spiro atoms.